The maximum absolute atomic E-state index is 9.38. The quantitative estimate of drug-likeness (QED) is 0.739. The van der Waals surface area contributed by atoms with E-state index in [1.54, 1.807) is 18.3 Å². The zero-order valence-electron chi connectivity index (χ0n) is 15.0. The Morgan fingerprint density at radius 2 is 2.20 bits per heavy atom. The first kappa shape index (κ1) is 16.8. The number of nitrogens with one attached hydrogen (secondary N) is 1. The number of hydrogen-bond acceptors (Lipinski definition) is 7. The Bertz CT molecular complexity index is 944. The Kier molecular flexibility index (Phi) is 4.03. The number of rotatable bonds is 4. The SMILES string of the molecule is Cc1nc2sc3c(c2c2nc(CNCC(C)O)nn12)CC(C)(C)OC3. The van der Waals surface area contributed by atoms with Gasteiger partial charge in [-0.1, -0.05) is 0 Å². The van der Waals surface area contributed by atoms with Gasteiger partial charge in [0.1, 0.15) is 10.7 Å². The van der Waals surface area contributed by atoms with Gasteiger partial charge in [-0.25, -0.2) is 9.97 Å². The van der Waals surface area contributed by atoms with Crippen LogP contribution in [0.2, 0.25) is 0 Å². The lowest BCUT2D eigenvalue weighted by Crippen LogP contribution is -2.31. The minimum absolute atomic E-state index is 0.176. The molecule has 7 nitrogen and oxygen atoms in total. The summed E-state index contributed by atoms with van der Waals surface area (Å²) in [6.07, 6.45) is 0.462. The number of aliphatic hydroxyl groups is 1. The molecule has 0 spiro atoms. The van der Waals surface area contributed by atoms with Crippen molar-refractivity contribution in [2.45, 2.75) is 59.0 Å². The molecule has 0 saturated carbocycles. The molecule has 1 aliphatic heterocycles. The molecule has 134 valence electrons. The molecule has 4 heterocycles. The summed E-state index contributed by atoms with van der Waals surface area (Å²) in [7, 11) is 0. The van der Waals surface area contributed by atoms with Crippen LogP contribution in [-0.4, -0.2) is 42.9 Å². The fourth-order valence-corrected chi connectivity index (χ4v) is 4.40. The summed E-state index contributed by atoms with van der Waals surface area (Å²) in [6.45, 7) is 9.61. The highest BCUT2D eigenvalue weighted by Gasteiger charge is 2.31. The van der Waals surface area contributed by atoms with E-state index in [0.29, 0.717) is 25.5 Å². The Hall–Kier alpha value is -1.61. The molecule has 0 saturated heterocycles. The highest BCUT2D eigenvalue weighted by molar-refractivity contribution is 7.19. The summed E-state index contributed by atoms with van der Waals surface area (Å²) in [5, 5.41) is 18.3. The van der Waals surface area contributed by atoms with Crippen molar-refractivity contribution in [1.29, 1.82) is 0 Å². The van der Waals surface area contributed by atoms with Gasteiger partial charge < -0.3 is 15.2 Å². The van der Waals surface area contributed by atoms with Crippen LogP contribution >= 0.6 is 11.3 Å². The first-order valence-electron chi connectivity index (χ1n) is 8.53. The summed E-state index contributed by atoms with van der Waals surface area (Å²) >= 11 is 1.69. The first-order valence-corrected chi connectivity index (χ1v) is 9.35. The minimum Gasteiger partial charge on any atom is -0.392 e. The summed E-state index contributed by atoms with van der Waals surface area (Å²) in [6, 6.07) is 0. The summed E-state index contributed by atoms with van der Waals surface area (Å²) in [5.41, 5.74) is 1.99. The lowest BCUT2D eigenvalue weighted by Gasteiger charge is -2.30. The van der Waals surface area contributed by atoms with Gasteiger partial charge in [0.15, 0.2) is 11.5 Å². The lowest BCUT2D eigenvalue weighted by atomic mass is 9.94. The van der Waals surface area contributed by atoms with Crippen molar-refractivity contribution in [1.82, 2.24) is 24.9 Å². The van der Waals surface area contributed by atoms with Gasteiger partial charge in [-0.05, 0) is 33.3 Å². The topological polar surface area (TPSA) is 84.6 Å². The van der Waals surface area contributed by atoms with Gasteiger partial charge >= 0.3 is 0 Å². The van der Waals surface area contributed by atoms with Crippen LogP contribution in [0.25, 0.3) is 15.9 Å². The van der Waals surface area contributed by atoms with Crippen molar-refractivity contribution in [2.75, 3.05) is 6.54 Å². The van der Waals surface area contributed by atoms with E-state index in [-0.39, 0.29) is 5.60 Å². The maximum Gasteiger partial charge on any atom is 0.168 e. The summed E-state index contributed by atoms with van der Waals surface area (Å²) < 4.78 is 7.78. The van der Waals surface area contributed by atoms with Crippen molar-refractivity contribution < 1.29 is 9.84 Å². The highest BCUT2D eigenvalue weighted by Crippen LogP contribution is 2.39. The molecule has 0 bridgehead atoms. The molecule has 1 atom stereocenters. The number of thiophene rings is 1. The smallest absolute Gasteiger partial charge is 0.168 e. The third-order valence-electron chi connectivity index (χ3n) is 4.44. The molecular weight excluding hydrogens is 338 g/mol. The molecule has 25 heavy (non-hydrogen) atoms. The molecule has 0 aliphatic carbocycles. The molecule has 0 fully saturated rings. The zero-order chi connectivity index (χ0) is 17.8. The van der Waals surface area contributed by atoms with Gasteiger partial charge in [-0.3, -0.25) is 0 Å². The molecular formula is C17H23N5O2S. The van der Waals surface area contributed by atoms with E-state index in [1.807, 2.05) is 11.4 Å². The van der Waals surface area contributed by atoms with Crippen LogP contribution in [0, 0.1) is 6.92 Å². The first-order chi connectivity index (χ1) is 11.8. The molecule has 1 unspecified atom stereocenters. The predicted octanol–water partition coefficient (Wildman–Crippen LogP) is 1.97. The van der Waals surface area contributed by atoms with Gasteiger partial charge in [0.05, 0.1) is 30.2 Å². The fourth-order valence-electron chi connectivity index (χ4n) is 3.25. The van der Waals surface area contributed by atoms with Crippen LogP contribution in [0.3, 0.4) is 0 Å². The van der Waals surface area contributed by atoms with Crippen molar-refractivity contribution in [2.24, 2.45) is 0 Å². The second-order valence-electron chi connectivity index (χ2n) is 7.31. The Morgan fingerprint density at radius 1 is 1.40 bits per heavy atom. The van der Waals surface area contributed by atoms with Crippen LogP contribution in [0.5, 0.6) is 0 Å². The molecule has 8 heteroatoms. The average Bonchev–Trinajstić information content (AvgIpc) is 3.07. The number of nitrogens with zero attached hydrogens (tertiary/aromatic N) is 4. The Labute approximate surface area is 150 Å². The number of fused-ring (bicyclic) bond motifs is 5. The van der Waals surface area contributed by atoms with E-state index in [9.17, 15) is 5.11 Å². The monoisotopic (exact) mass is 361 g/mol. The van der Waals surface area contributed by atoms with Crippen LogP contribution in [0.1, 0.15) is 42.9 Å². The molecule has 2 N–H and O–H groups in total. The highest BCUT2D eigenvalue weighted by atomic mass is 32.1. The van der Waals surface area contributed by atoms with Gasteiger partial charge in [0.2, 0.25) is 0 Å². The normalized spacial score (nSPS) is 18.0. The molecule has 0 aromatic carbocycles. The van der Waals surface area contributed by atoms with Crippen molar-refractivity contribution >= 4 is 27.2 Å². The molecule has 0 radical (unpaired) electrons. The van der Waals surface area contributed by atoms with Crippen molar-refractivity contribution in [3.8, 4) is 0 Å². The second kappa shape index (κ2) is 5.98. The van der Waals surface area contributed by atoms with Crippen molar-refractivity contribution in [3.05, 3.63) is 22.1 Å². The van der Waals surface area contributed by atoms with Gasteiger partial charge in [-0.2, -0.15) is 4.52 Å². The second-order valence-corrected chi connectivity index (χ2v) is 8.40. The third kappa shape index (κ3) is 3.03. The zero-order valence-corrected chi connectivity index (χ0v) is 15.8. The predicted molar refractivity (Wildman–Crippen MR) is 96.9 cm³/mol. The molecule has 0 amide bonds. The summed E-state index contributed by atoms with van der Waals surface area (Å²) in [5.74, 6) is 1.54. The number of aliphatic hydroxyl groups excluding tert-OH is 1. The van der Waals surface area contributed by atoms with Crippen LogP contribution in [-0.2, 0) is 24.3 Å². The third-order valence-corrected chi connectivity index (χ3v) is 5.54. The number of hydrogen-bond donors (Lipinski definition) is 2. The van der Waals surface area contributed by atoms with E-state index in [4.69, 9.17) is 14.7 Å². The minimum atomic E-state index is -0.390. The Balaban J connectivity index is 1.81. The van der Waals surface area contributed by atoms with E-state index >= 15 is 0 Å². The Morgan fingerprint density at radius 3 is 2.96 bits per heavy atom. The van der Waals surface area contributed by atoms with Gasteiger partial charge in [-0.15, -0.1) is 16.4 Å². The molecule has 3 aromatic heterocycles. The number of aryl methyl sites for hydroxylation is 1. The molecule has 3 aromatic rings. The van der Waals surface area contributed by atoms with E-state index in [1.165, 1.54) is 10.4 Å². The van der Waals surface area contributed by atoms with Crippen LogP contribution in [0.4, 0.5) is 0 Å². The van der Waals surface area contributed by atoms with Gasteiger partial charge in [0.25, 0.3) is 0 Å². The van der Waals surface area contributed by atoms with E-state index in [2.05, 4.69) is 24.3 Å². The molecule has 4 rings (SSSR count). The maximum atomic E-state index is 9.38. The van der Waals surface area contributed by atoms with E-state index in [0.717, 1.165) is 28.1 Å². The largest absolute Gasteiger partial charge is 0.392 e. The van der Waals surface area contributed by atoms with Gasteiger partial charge in [0, 0.05) is 17.8 Å². The lowest BCUT2D eigenvalue weighted by molar-refractivity contribution is -0.0379. The fraction of sp³-hybridized carbons (Fsp3) is 0.588. The van der Waals surface area contributed by atoms with Crippen LogP contribution in [0.15, 0.2) is 0 Å². The van der Waals surface area contributed by atoms with E-state index < -0.39 is 6.10 Å². The number of ether oxygens (including phenoxy) is 1. The van der Waals surface area contributed by atoms with Crippen molar-refractivity contribution in [3.63, 3.8) is 0 Å². The molecule has 1 aliphatic rings. The summed E-state index contributed by atoms with van der Waals surface area (Å²) in [4.78, 5) is 11.8. The standard InChI is InChI=1S/C17H23N5O2S/c1-9(23)6-18-7-13-20-15-14-11-5-17(3,4)24-8-12(11)25-16(14)19-10(2)22(15)21-13/h9,18,23H,5-8H2,1-4H3. The average molecular weight is 361 g/mol. The van der Waals surface area contributed by atoms with Crippen LogP contribution < -0.4 is 5.32 Å². The number of aromatic nitrogens is 4.